The predicted octanol–water partition coefficient (Wildman–Crippen LogP) is 3.67. The smallest absolute Gasteiger partial charge is 0.425 e. The summed E-state index contributed by atoms with van der Waals surface area (Å²) >= 11 is 0. The van der Waals surface area contributed by atoms with Gasteiger partial charge in [-0.05, 0) is 17.7 Å². The van der Waals surface area contributed by atoms with Crippen LogP contribution in [0.25, 0.3) is 11.2 Å². The van der Waals surface area contributed by atoms with Gasteiger partial charge in [0, 0.05) is 19.2 Å². The molecule has 0 radical (unpaired) electrons. The molecule has 0 aliphatic carbocycles. The molecular formula is C24H18F3N5O5. The summed E-state index contributed by atoms with van der Waals surface area (Å²) in [4.78, 5) is 30.9. The molecule has 2 aromatic carbocycles. The van der Waals surface area contributed by atoms with Crippen molar-refractivity contribution >= 4 is 11.2 Å². The lowest BCUT2D eigenvalue weighted by Gasteiger charge is -2.12. The Kier molecular flexibility index (Phi) is 6.03. The Bertz CT molecular complexity index is 1670. The molecule has 0 saturated heterocycles. The number of rotatable bonds is 7. The fraction of sp³-hybridized carbons (Fsp3) is 0.167. The minimum absolute atomic E-state index is 0.0154. The maximum atomic E-state index is 13.5. The fourth-order valence-electron chi connectivity index (χ4n) is 3.80. The molecule has 0 bridgehead atoms. The molecule has 0 fully saturated rings. The van der Waals surface area contributed by atoms with Crippen molar-refractivity contribution in [2.24, 2.45) is 7.05 Å². The van der Waals surface area contributed by atoms with Crippen LogP contribution in [-0.2, 0) is 20.1 Å². The number of alkyl halides is 3. The highest BCUT2D eigenvalue weighted by Gasteiger charge is 2.31. The van der Waals surface area contributed by atoms with Gasteiger partial charge in [0.15, 0.2) is 16.9 Å². The molecule has 3 aromatic heterocycles. The lowest BCUT2D eigenvalue weighted by atomic mass is 10.2. The Morgan fingerprint density at radius 2 is 1.70 bits per heavy atom. The van der Waals surface area contributed by atoms with E-state index in [2.05, 4.69) is 14.9 Å². The first kappa shape index (κ1) is 23.9. The van der Waals surface area contributed by atoms with Crippen LogP contribution in [0.15, 0.2) is 81.0 Å². The van der Waals surface area contributed by atoms with E-state index in [0.29, 0.717) is 5.76 Å². The summed E-state index contributed by atoms with van der Waals surface area (Å²) < 4.78 is 56.5. The second-order valence-corrected chi connectivity index (χ2v) is 7.97. The van der Waals surface area contributed by atoms with Gasteiger partial charge in [-0.2, -0.15) is 4.98 Å². The lowest BCUT2D eigenvalue weighted by Crippen LogP contribution is -2.39. The molecule has 13 heteroatoms. The first-order valence-corrected chi connectivity index (χ1v) is 10.9. The van der Waals surface area contributed by atoms with E-state index in [1.807, 2.05) is 30.3 Å². The SMILES string of the molecule is Cn1c(=O)n(Cc2ccno2)c(=O)c2c1nc(Oc1cccc(OC(F)(F)F)c1)n2Cc1ccccc1. The first-order chi connectivity index (χ1) is 17.7. The number of aromatic nitrogens is 5. The summed E-state index contributed by atoms with van der Waals surface area (Å²) in [6.07, 6.45) is -3.49. The van der Waals surface area contributed by atoms with Gasteiger partial charge in [0.2, 0.25) is 0 Å². The van der Waals surface area contributed by atoms with Gasteiger partial charge in [-0.15, -0.1) is 13.2 Å². The average Bonchev–Trinajstić information content (AvgIpc) is 3.49. The normalized spacial score (nSPS) is 11.7. The zero-order valence-corrected chi connectivity index (χ0v) is 19.2. The number of benzene rings is 2. The Labute approximate surface area is 205 Å². The summed E-state index contributed by atoms with van der Waals surface area (Å²) in [7, 11) is 1.45. The molecule has 190 valence electrons. The number of hydrogen-bond acceptors (Lipinski definition) is 7. The number of ether oxygens (including phenoxy) is 2. The number of nitrogens with zero attached hydrogens (tertiary/aromatic N) is 5. The van der Waals surface area contributed by atoms with E-state index in [1.165, 1.54) is 40.6 Å². The van der Waals surface area contributed by atoms with Gasteiger partial charge in [-0.1, -0.05) is 41.6 Å². The molecule has 0 amide bonds. The molecule has 0 aliphatic rings. The molecule has 5 aromatic rings. The van der Waals surface area contributed by atoms with Crippen molar-refractivity contribution in [3.05, 3.63) is 99.0 Å². The molecule has 0 aliphatic heterocycles. The quantitative estimate of drug-likeness (QED) is 0.327. The van der Waals surface area contributed by atoms with Gasteiger partial charge >= 0.3 is 18.1 Å². The van der Waals surface area contributed by atoms with E-state index in [-0.39, 0.29) is 36.0 Å². The summed E-state index contributed by atoms with van der Waals surface area (Å²) in [6.45, 7) is -0.0356. The molecule has 5 rings (SSSR count). The number of halogens is 3. The maximum Gasteiger partial charge on any atom is 0.573 e. The van der Waals surface area contributed by atoms with Crippen LogP contribution >= 0.6 is 0 Å². The first-order valence-electron chi connectivity index (χ1n) is 10.9. The molecule has 0 atom stereocenters. The lowest BCUT2D eigenvalue weighted by molar-refractivity contribution is -0.274. The molecule has 0 unspecified atom stereocenters. The Morgan fingerprint density at radius 1 is 0.946 bits per heavy atom. The second kappa shape index (κ2) is 9.33. The minimum atomic E-state index is -4.88. The predicted molar refractivity (Wildman–Crippen MR) is 124 cm³/mol. The summed E-state index contributed by atoms with van der Waals surface area (Å²) in [5.74, 6) is -0.207. The van der Waals surface area contributed by atoms with Crippen LogP contribution in [0.4, 0.5) is 13.2 Å². The highest BCUT2D eigenvalue weighted by atomic mass is 19.4. The third-order valence-electron chi connectivity index (χ3n) is 5.43. The van der Waals surface area contributed by atoms with Gasteiger partial charge in [-0.3, -0.25) is 18.5 Å². The number of imidazole rings is 1. The third kappa shape index (κ3) is 4.96. The van der Waals surface area contributed by atoms with Crippen molar-refractivity contribution in [2.75, 3.05) is 0 Å². The Hall–Kier alpha value is -4.81. The van der Waals surface area contributed by atoms with Crippen LogP contribution in [0.5, 0.6) is 17.5 Å². The monoisotopic (exact) mass is 513 g/mol. The molecule has 10 nitrogen and oxygen atoms in total. The summed E-state index contributed by atoms with van der Waals surface area (Å²) in [6, 6.07) is 15.4. The van der Waals surface area contributed by atoms with E-state index in [9.17, 15) is 22.8 Å². The van der Waals surface area contributed by atoms with E-state index in [1.54, 1.807) is 0 Å². The van der Waals surface area contributed by atoms with E-state index >= 15 is 0 Å². The Balaban J connectivity index is 1.66. The van der Waals surface area contributed by atoms with Crippen LogP contribution in [0, 0.1) is 0 Å². The van der Waals surface area contributed by atoms with E-state index in [4.69, 9.17) is 9.26 Å². The van der Waals surface area contributed by atoms with Gasteiger partial charge in [0.05, 0.1) is 19.3 Å². The maximum absolute atomic E-state index is 13.5. The number of fused-ring (bicyclic) bond motifs is 1. The zero-order chi connectivity index (χ0) is 26.2. The van der Waals surface area contributed by atoms with E-state index in [0.717, 1.165) is 22.3 Å². The van der Waals surface area contributed by atoms with Crippen molar-refractivity contribution < 1.29 is 27.2 Å². The van der Waals surface area contributed by atoms with Crippen molar-refractivity contribution in [2.45, 2.75) is 19.5 Å². The van der Waals surface area contributed by atoms with Crippen LogP contribution in [-0.4, -0.2) is 30.2 Å². The second-order valence-electron chi connectivity index (χ2n) is 7.97. The Morgan fingerprint density at radius 3 is 2.41 bits per heavy atom. The van der Waals surface area contributed by atoms with E-state index < -0.39 is 23.4 Å². The van der Waals surface area contributed by atoms with Crippen LogP contribution in [0.2, 0.25) is 0 Å². The standard InChI is InChI=1S/C24H18F3N5O5/c1-30-20-19(21(33)32(23(30)34)14-18-10-11-28-37-18)31(13-15-6-3-2-4-7-15)22(29-20)35-16-8-5-9-17(12-16)36-24(25,26)27/h2-12H,13-14H2,1H3. The third-order valence-corrected chi connectivity index (χ3v) is 5.43. The van der Waals surface area contributed by atoms with Crippen LogP contribution < -0.4 is 20.7 Å². The van der Waals surface area contributed by atoms with Gasteiger partial charge < -0.3 is 14.0 Å². The van der Waals surface area contributed by atoms with Gasteiger partial charge in [0.25, 0.3) is 5.56 Å². The van der Waals surface area contributed by atoms with Crippen molar-refractivity contribution in [1.29, 1.82) is 0 Å². The number of hydrogen-bond donors (Lipinski definition) is 0. The van der Waals surface area contributed by atoms with Crippen molar-refractivity contribution in [3.63, 3.8) is 0 Å². The fourth-order valence-corrected chi connectivity index (χ4v) is 3.80. The van der Waals surface area contributed by atoms with Crippen LogP contribution in [0.1, 0.15) is 11.3 Å². The highest BCUT2D eigenvalue weighted by Crippen LogP contribution is 2.30. The molecule has 0 N–H and O–H groups in total. The minimum Gasteiger partial charge on any atom is -0.425 e. The van der Waals surface area contributed by atoms with Gasteiger partial charge in [0.1, 0.15) is 11.5 Å². The summed E-state index contributed by atoms with van der Waals surface area (Å²) in [5, 5.41) is 3.60. The zero-order valence-electron chi connectivity index (χ0n) is 19.2. The van der Waals surface area contributed by atoms with Crippen molar-refractivity contribution in [1.82, 2.24) is 23.8 Å². The average molecular weight is 513 g/mol. The summed E-state index contributed by atoms with van der Waals surface area (Å²) in [5.41, 5.74) is -0.413. The topological polar surface area (TPSA) is 106 Å². The van der Waals surface area contributed by atoms with Crippen molar-refractivity contribution in [3.8, 4) is 17.5 Å². The largest absolute Gasteiger partial charge is 0.573 e. The molecular weight excluding hydrogens is 495 g/mol. The molecule has 3 heterocycles. The highest BCUT2D eigenvalue weighted by molar-refractivity contribution is 5.72. The molecule has 0 saturated carbocycles. The molecule has 0 spiro atoms. The number of aryl methyl sites for hydroxylation is 1. The van der Waals surface area contributed by atoms with Gasteiger partial charge in [-0.25, -0.2) is 4.79 Å². The molecule has 37 heavy (non-hydrogen) atoms. The van der Waals surface area contributed by atoms with Crippen LogP contribution in [0.3, 0.4) is 0 Å².